The van der Waals surface area contributed by atoms with Gasteiger partial charge in [0.25, 0.3) is 10.0 Å². The molecule has 0 aromatic heterocycles. The Morgan fingerprint density at radius 1 is 1.00 bits per heavy atom. The highest BCUT2D eigenvalue weighted by molar-refractivity contribution is 7.92. The third kappa shape index (κ3) is 7.45. The number of hydrogen-bond acceptors (Lipinski definition) is 4. The van der Waals surface area contributed by atoms with Crippen molar-refractivity contribution < 1.29 is 22.4 Å². The summed E-state index contributed by atoms with van der Waals surface area (Å²) in [6, 6.07) is 17.6. The zero-order chi connectivity index (χ0) is 29.6. The van der Waals surface area contributed by atoms with E-state index in [1.54, 1.807) is 62.4 Å². The number of nitrogens with one attached hydrogen (secondary N) is 1. The Hall–Kier alpha value is -3.43. The average Bonchev–Trinajstić information content (AvgIpc) is 2.97. The van der Waals surface area contributed by atoms with Crippen molar-refractivity contribution in [3.8, 4) is 0 Å². The summed E-state index contributed by atoms with van der Waals surface area (Å²) >= 11 is 6.35. The number of rotatable bonds is 10. The van der Waals surface area contributed by atoms with Gasteiger partial charge in [-0.3, -0.25) is 13.9 Å². The highest BCUT2D eigenvalue weighted by atomic mass is 35.5. The van der Waals surface area contributed by atoms with Crippen LogP contribution in [0.3, 0.4) is 0 Å². The number of halogens is 2. The van der Waals surface area contributed by atoms with Gasteiger partial charge in [-0.05, 0) is 62.6 Å². The molecular weight excluding hydrogens is 565 g/mol. The summed E-state index contributed by atoms with van der Waals surface area (Å²) in [4.78, 5) is 28.6. The topological polar surface area (TPSA) is 86.8 Å². The van der Waals surface area contributed by atoms with Crippen LogP contribution in [0.1, 0.15) is 50.2 Å². The van der Waals surface area contributed by atoms with Crippen LogP contribution in [0.15, 0.2) is 77.7 Å². The van der Waals surface area contributed by atoms with Crippen molar-refractivity contribution >= 4 is 39.1 Å². The van der Waals surface area contributed by atoms with Crippen molar-refractivity contribution in [2.75, 3.05) is 10.8 Å². The second kappa shape index (κ2) is 13.5. The standard InChI is InChI=1S/C31H35ClFN3O4S/c1-22-17-18-26(19-28(22)32)36(41(39,40)27-14-7-4-8-15-27)21-30(37)35(20-24-11-9-10-16-29(24)33)23(2)31(38)34-25-12-5-3-6-13-25/h4,7-11,14-19,23,25H,3,5-6,12-13,20-21H2,1-2H3,(H,34,38)/t23-/m0/s1. The molecule has 218 valence electrons. The van der Waals surface area contributed by atoms with Crippen LogP contribution in [0.25, 0.3) is 0 Å². The molecule has 41 heavy (non-hydrogen) atoms. The van der Waals surface area contributed by atoms with E-state index in [9.17, 15) is 22.4 Å². The molecule has 0 unspecified atom stereocenters. The Morgan fingerprint density at radius 3 is 2.32 bits per heavy atom. The normalized spacial score (nSPS) is 14.7. The number of hydrogen-bond donors (Lipinski definition) is 1. The van der Waals surface area contributed by atoms with Gasteiger partial charge in [-0.1, -0.05) is 73.3 Å². The molecule has 0 spiro atoms. The molecule has 3 aromatic carbocycles. The van der Waals surface area contributed by atoms with E-state index in [1.165, 1.54) is 29.2 Å². The Kier molecular flexibility index (Phi) is 10.0. The van der Waals surface area contributed by atoms with E-state index >= 15 is 0 Å². The van der Waals surface area contributed by atoms with Gasteiger partial charge < -0.3 is 10.2 Å². The van der Waals surface area contributed by atoms with E-state index in [2.05, 4.69) is 5.32 Å². The lowest BCUT2D eigenvalue weighted by Gasteiger charge is -2.33. The summed E-state index contributed by atoms with van der Waals surface area (Å²) in [7, 11) is -4.21. The Balaban J connectivity index is 1.69. The van der Waals surface area contributed by atoms with Crippen LogP contribution < -0.4 is 9.62 Å². The van der Waals surface area contributed by atoms with Gasteiger partial charge in [0.15, 0.2) is 0 Å². The largest absolute Gasteiger partial charge is 0.352 e. The molecule has 10 heteroatoms. The number of nitrogens with zero attached hydrogens (tertiary/aromatic N) is 2. The van der Waals surface area contributed by atoms with Crippen molar-refractivity contribution in [1.29, 1.82) is 0 Å². The van der Waals surface area contributed by atoms with Gasteiger partial charge in [-0.2, -0.15) is 0 Å². The van der Waals surface area contributed by atoms with E-state index in [1.807, 2.05) is 0 Å². The summed E-state index contributed by atoms with van der Waals surface area (Å²) < 4.78 is 43.4. The van der Waals surface area contributed by atoms with Gasteiger partial charge in [-0.15, -0.1) is 0 Å². The highest BCUT2D eigenvalue weighted by Gasteiger charge is 2.33. The fourth-order valence-electron chi connectivity index (χ4n) is 4.95. The monoisotopic (exact) mass is 599 g/mol. The maximum Gasteiger partial charge on any atom is 0.264 e. The van der Waals surface area contributed by atoms with Gasteiger partial charge in [0, 0.05) is 23.2 Å². The number of anilines is 1. The molecule has 1 atom stereocenters. The number of carbonyl (C=O) groups is 2. The summed E-state index contributed by atoms with van der Waals surface area (Å²) in [6.45, 7) is 2.54. The lowest BCUT2D eigenvalue weighted by Crippen LogP contribution is -2.53. The fourth-order valence-corrected chi connectivity index (χ4v) is 6.55. The summed E-state index contributed by atoms with van der Waals surface area (Å²) in [5.41, 5.74) is 1.16. The third-order valence-electron chi connectivity index (χ3n) is 7.47. The van der Waals surface area contributed by atoms with E-state index in [-0.39, 0.29) is 34.6 Å². The smallest absolute Gasteiger partial charge is 0.264 e. The Labute approximate surface area is 246 Å². The van der Waals surface area contributed by atoms with Crippen LogP contribution in [-0.2, 0) is 26.2 Å². The summed E-state index contributed by atoms with van der Waals surface area (Å²) in [6.07, 6.45) is 4.87. The molecule has 0 bridgehead atoms. The van der Waals surface area contributed by atoms with Crippen LogP contribution in [0.5, 0.6) is 0 Å². The molecule has 0 heterocycles. The number of carbonyl (C=O) groups excluding carboxylic acids is 2. The van der Waals surface area contributed by atoms with Crippen LogP contribution in [-0.4, -0.2) is 43.8 Å². The first-order valence-electron chi connectivity index (χ1n) is 13.7. The molecule has 1 fully saturated rings. The molecule has 1 aliphatic carbocycles. The minimum atomic E-state index is -4.21. The summed E-state index contributed by atoms with van der Waals surface area (Å²) in [5.74, 6) is -1.54. The van der Waals surface area contributed by atoms with Crippen molar-refractivity contribution in [3.05, 3.63) is 94.8 Å². The number of sulfonamides is 1. The van der Waals surface area contributed by atoms with Crippen LogP contribution in [0, 0.1) is 12.7 Å². The quantitative estimate of drug-likeness (QED) is 0.317. The van der Waals surface area contributed by atoms with Crippen LogP contribution in [0.2, 0.25) is 5.02 Å². The first kappa shape index (κ1) is 30.5. The SMILES string of the molecule is Cc1ccc(N(CC(=O)N(Cc2ccccc2F)[C@@H](C)C(=O)NC2CCCCC2)S(=O)(=O)c2ccccc2)cc1Cl. The van der Waals surface area contributed by atoms with Crippen molar-refractivity contribution in [1.82, 2.24) is 10.2 Å². The fraction of sp³-hybridized carbons (Fsp3) is 0.355. The molecule has 7 nitrogen and oxygen atoms in total. The predicted octanol–water partition coefficient (Wildman–Crippen LogP) is 5.85. The number of benzene rings is 3. The molecule has 4 rings (SSSR count). The van der Waals surface area contributed by atoms with Crippen molar-refractivity contribution in [2.45, 2.75) is 69.5 Å². The average molecular weight is 600 g/mol. The van der Waals surface area contributed by atoms with Crippen molar-refractivity contribution in [3.63, 3.8) is 0 Å². The predicted molar refractivity (Wildman–Crippen MR) is 159 cm³/mol. The van der Waals surface area contributed by atoms with Gasteiger partial charge in [-0.25, -0.2) is 12.8 Å². The van der Waals surface area contributed by atoms with Gasteiger partial charge in [0.1, 0.15) is 18.4 Å². The Morgan fingerprint density at radius 2 is 1.66 bits per heavy atom. The molecule has 1 N–H and O–H groups in total. The third-order valence-corrected chi connectivity index (χ3v) is 9.67. The maximum absolute atomic E-state index is 14.7. The van der Waals surface area contributed by atoms with Crippen LogP contribution in [0.4, 0.5) is 10.1 Å². The first-order valence-corrected chi connectivity index (χ1v) is 15.6. The van der Waals surface area contributed by atoms with Gasteiger partial charge in [0.2, 0.25) is 11.8 Å². The van der Waals surface area contributed by atoms with Gasteiger partial charge >= 0.3 is 0 Å². The minimum absolute atomic E-state index is 0.00626. The highest BCUT2D eigenvalue weighted by Crippen LogP contribution is 2.29. The molecule has 0 radical (unpaired) electrons. The number of amides is 2. The van der Waals surface area contributed by atoms with Crippen molar-refractivity contribution in [2.24, 2.45) is 0 Å². The molecule has 0 aliphatic heterocycles. The summed E-state index contributed by atoms with van der Waals surface area (Å²) in [5, 5.41) is 3.37. The molecule has 0 saturated heterocycles. The minimum Gasteiger partial charge on any atom is -0.352 e. The van der Waals surface area contributed by atoms with E-state index in [0.29, 0.717) is 5.02 Å². The van der Waals surface area contributed by atoms with E-state index in [4.69, 9.17) is 11.6 Å². The lowest BCUT2D eigenvalue weighted by molar-refractivity contribution is -0.139. The zero-order valence-corrected chi connectivity index (χ0v) is 24.8. The lowest BCUT2D eigenvalue weighted by atomic mass is 9.95. The maximum atomic E-state index is 14.7. The molecular formula is C31H35ClFN3O4S. The Bertz CT molecular complexity index is 1480. The second-order valence-electron chi connectivity index (χ2n) is 10.4. The van der Waals surface area contributed by atoms with Crippen LogP contribution >= 0.6 is 11.6 Å². The van der Waals surface area contributed by atoms with Gasteiger partial charge in [0.05, 0.1) is 10.6 Å². The van der Waals surface area contributed by atoms with E-state index in [0.717, 1.165) is 42.0 Å². The first-order chi connectivity index (χ1) is 19.6. The van der Waals surface area contributed by atoms with E-state index < -0.39 is 34.3 Å². The zero-order valence-electron chi connectivity index (χ0n) is 23.2. The second-order valence-corrected chi connectivity index (χ2v) is 12.7. The number of aryl methyl sites for hydroxylation is 1. The molecule has 2 amide bonds. The molecule has 1 saturated carbocycles. The molecule has 1 aliphatic rings. The molecule has 3 aromatic rings.